The van der Waals surface area contributed by atoms with Gasteiger partial charge in [0.15, 0.2) is 0 Å². The van der Waals surface area contributed by atoms with Crippen molar-refractivity contribution < 1.29 is 4.79 Å². The molecular formula is C21H23NO. The Morgan fingerprint density at radius 2 is 1.61 bits per heavy atom. The van der Waals surface area contributed by atoms with Crippen LogP contribution in [0.2, 0.25) is 0 Å². The number of benzene rings is 2. The van der Waals surface area contributed by atoms with E-state index in [1.54, 1.807) is 0 Å². The summed E-state index contributed by atoms with van der Waals surface area (Å²) in [6.45, 7) is 6.27. The number of rotatable bonds is 4. The van der Waals surface area contributed by atoms with E-state index in [4.69, 9.17) is 0 Å². The van der Waals surface area contributed by atoms with Crippen LogP contribution in [-0.4, -0.2) is 16.8 Å². The number of β-lactam (4-membered cyclic amide) rings is 1. The van der Waals surface area contributed by atoms with Crippen LogP contribution in [0.4, 0.5) is 0 Å². The van der Waals surface area contributed by atoms with E-state index < -0.39 is 0 Å². The molecule has 2 aromatic carbocycles. The maximum Gasteiger partial charge on any atom is 0.228 e. The van der Waals surface area contributed by atoms with Crippen molar-refractivity contribution in [1.82, 2.24) is 4.90 Å². The first-order valence-electron chi connectivity index (χ1n) is 8.20. The molecule has 3 rings (SSSR count). The predicted molar refractivity (Wildman–Crippen MR) is 94.7 cm³/mol. The highest BCUT2D eigenvalue weighted by atomic mass is 16.2. The first-order chi connectivity index (χ1) is 11.1. The third-order valence-corrected chi connectivity index (χ3v) is 4.78. The number of nitrogens with zero attached hydrogens (tertiary/aromatic N) is 1. The lowest BCUT2D eigenvalue weighted by molar-refractivity contribution is -0.156. The molecule has 0 unspecified atom stereocenters. The normalized spacial score (nSPS) is 22.7. The highest BCUT2D eigenvalue weighted by molar-refractivity contribution is 5.88. The minimum atomic E-state index is 0.0566. The van der Waals surface area contributed by atoms with Gasteiger partial charge in [0.25, 0.3) is 0 Å². The van der Waals surface area contributed by atoms with Gasteiger partial charge in [-0.3, -0.25) is 4.79 Å². The van der Waals surface area contributed by atoms with Crippen LogP contribution in [0.3, 0.4) is 0 Å². The van der Waals surface area contributed by atoms with Gasteiger partial charge in [0, 0.05) is 0 Å². The number of likely N-dealkylation sites (tertiary alicyclic amines) is 1. The van der Waals surface area contributed by atoms with Crippen molar-refractivity contribution in [3.05, 3.63) is 77.4 Å². The standard InChI is InChI=1S/C21H23NO/c1-15(14-18-10-6-4-7-11-18)20-16(2)21(23)22(20)17(3)19-12-8-5-9-13-19/h4-14,16-17,20H,1-3H3/b15-14+/t16-,17-,20+/m0/s1. The van der Waals surface area contributed by atoms with E-state index in [0.717, 1.165) is 0 Å². The van der Waals surface area contributed by atoms with E-state index in [2.05, 4.69) is 44.2 Å². The second-order valence-corrected chi connectivity index (χ2v) is 6.36. The molecule has 3 atom stereocenters. The largest absolute Gasteiger partial charge is 0.328 e. The van der Waals surface area contributed by atoms with Gasteiger partial charge in [-0.25, -0.2) is 0 Å². The average Bonchev–Trinajstić information content (AvgIpc) is 2.59. The van der Waals surface area contributed by atoms with Crippen molar-refractivity contribution in [2.24, 2.45) is 5.92 Å². The number of hydrogen-bond acceptors (Lipinski definition) is 1. The average molecular weight is 305 g/mol. The molecule has 0 radical (unpaired) electrons. The maximum atomic E-state index is 12.4. The van der Waals surface area contributed by atoms with Crippen molar-refractivity contribution >= 4 is 12.0 Å². The molecule has 1 aliphatic heterocycles. The maximum absolute atomic E-state index is 12.4. The van der Waals surface area contributed by atoms with Crippen molar-refractivity contribution in [3.8, 4) is 0 Å². The van der Waals surface area contributed by atoms with Gasteiger partial charge in [-0.05, 0) is 30.5 Å². The molecule has 1 heterocycles. The number of carbonyl (C=O) groups excluding carboxylic acids is 1. The van der Waals surface area contributed by atoms with Gasteiger partial charge in [-0.15, -0.1) is 0 Å². The summed E-state index contributed by atoms with van der Waals surface area (Å²) in [4.78, 5) is 14.5. The molecule has 118 valence electrons. The highest BCUT2D eigenvalue weighted by Gasteiger charge is 2.47. The summed E-state index contributed by atoms with van der Waals surface area (Å²) < 4.78 is 0. The van der Waals surface area contributed by atoms with Crippen molar-refractivity contribution in [3.63, 3.8) is 0 Å². The lowest BCUT2D eigenvalue weighted by atomic mass is 9.81. The van der Waals surface area contributed by atoms with E-state index in [1.165, 1.54) is 16.7 Å². The summed E-state index contributed by atoms with van der Waals surface area (Å²) in [6.07, 6.45) is 2.19. The summed E-state index contributed by atoms with van der Waals surface area (Å²) in [5.74, 6) is 0.299. The molecule has 0 saturated carbocycles. The molecule has 1 fully saturated rings. The molecule has 23 heavy (non-hydrogen) atoms. The predicted octanol–water partition coefficient (Wildman–Crippen LogP) is 4.70. The summed E-state index contributed by atoms with van der Waals surface area (Å²) in [5.41, 5.74) is 3.61. The minimum Gasteiger partial charge on any atom is -0.328 e. The van der Waals surface area contributed by atoms with Gasteiger partial charge in [0.1, 0.15) is 0 Å². The zero-order chi connectivity index (χ0) is 16.4. The molecule has 1 saturated heterocycles. The van der Waals surface area contributed by atoms with Gasteiger partial charge < -0.3 is 4.90 Å². The molecule has 1 amide bonds. The zero-order valence-corrected chi connectivity index (χ0v) is 13.9. The third kappa shape index (κ3) is 2.94. The molecule has 0 aromatic heterocycles. The lowest BCUT2D eigenvalue weighted by Crippen LogP contribution is -2.60. The molecule has 0 bridgehead atoms. The molecule has 2 aromatic rings. The SMILES string of the molecule is C/C(=C\c1ccccc1)[C@@H]1[C@H](C)C(=O)N1[C@@H](C)c1ccccc1. The number of carbonyl (C=O) groups is 1. The zero-order valence-electron chi connectivity index (χ0n) is 13.9. The van der Waals surface area contributed by atoms with Crippen molar-refractivity contribution in [2.75, 3.05) is 0 Å². The van der Waals surface area contributed by atoms with Crippen LogP contribution in [0.15, 0.2) is 66.2 Å². The van der Waals surface area contributed by atoms with Gasteiger partial charge in [0.05, 0.1) is 18.0 Å². The molecule has 1 aliphatic rings. The van der Waals surface area contributed by atoms with Crippen LogP contribution in [-0.2, 0) is 4.79 Å². The second-order valence-electron chi connectivity index (χ2n) is 6.36. The fourth-order valence-corrected chi connectivity index (χ4v) is 3.50. The minimum absolute atomic E-state index is 0.0566. The lowest BCUT2D eigenvalue weighted by Gasteiger charge is -2.50. The second kappa shape index (κ2) is 6.41. The van der Waals surface area contributed by atoms with E-state index >= 15 is 0 Å². The van der Waals surface area contributed by atoms with Crippen LogP contribution >= 0.6 is 0 Å². The van der Waals surface area contributed by atoms with Crippen LogP contribution in [0.5, 0.6) is 0 Å². The summed E-state index contributed by atoms with van der Waals surface area (Å²) in [6, 6.07) is 20.8. The van der Waals surface area contributed by atoms with E-state index in [9.17, 15) is 4.79 Å². The Kier molecular flexibility index (Phi) is 4.33. The van der Waals surface area contributed by atoms with Gasteiger partial charge in [0.2, 0.25) is 5.91 Å². The van der Waals surface area contributed by atoms with Crippen molar-refractivity contribution in [1.29, 1.82) is 0 Å². The van der Waals surface area contributed by atoms with Gasteiger partial charge in [-0.2, -0.15) is 0 Å². The fourth-order valence-electron chi connectivity index (χ4n) is 3.50. The van der Waals surface area contributed by atoms with Crippen LogP contribution < -0.4 is 0 Å². The smallest absolute Gasteiger partial charge is 0.228 e. The summed E-state index contributed by atoms with van der Waals surface area (Å²) in [5, 5.41) is 0. The van der Waals surface area contributed by atoms with Crippen LogP contribution in [0, 0.1) is 5.92 Å². The topological polar surface area (TPSA) is 20.3 Å². The molecule has 2 nitrogen and oxygen atoms in total. The molecular weight excluding hydrogens is 282 g/mol. The Bertz CT molecular complexity index is 705. The molecule has 0 aliphatic carbocycles. The van der Waals surface area contributed by atoms with Gasteiger partial charge in [-0.1, -0.05) is 73.7 Å². The Morgan fingerprint density at radius 1 is 1.04 bits per heavy atom. The molecule has 0 spiro atoms. The first-order valence-corrected chi connectivity index (χ1v) is 8.20. The number of hydrogen-bond donors (Lipinski definition) is 0. The van der Waals surface area contributed by atoms with E-state index in [1.807, 2.05) is 48.2 Å². The quantitative estimate of drug-likeness (QED) is 0.750. The summed E-state index contributed by atoms with van der Waals surface area (Å²) >= 11 is 0. The Morgan fingerprint density at radius 3 is 2.22 bits per heavy atom. The Hall–Kier alpha value is -2.35. The monoisotopic (exact) mass is 305 g/mol. The summed E-state index contributed by atoms with van der Waals surface area (Å²) in [7, 11) is 0. The molecule has 2 heteroatoms. The first kappa shape index (κ1) is 15.5. The van der Waals surface area contributed by atoms with E-state index in [0.29, 0.717) is 0 Å². The highest BCUT2D eigenvalue weighted by Crippen LogP contribution is 2.39. The van der Waals surface area contributed by atoms with Crippen molar-refractivity contribution in [2.45, 2.75) is 32.9 Å². The van der Waals surface area contributed by atoms with Crippen LogP contribution in [0.25, 0.3) is 6.08 Å². The Labute approximate surface area is 138 Å². The fraction of sp³-hybridized carbons (Fsp3) is 0.286. The van der Waals surface area contributed by atoms with E-state index in [-0.39, 0.29) is 23.9 Å². The Balaban J connectivity index is 1.86. The molecule has 0 N–H and O–H groups in total. The van der Waals surface area contributed by atoms with Gasteiger partial charge >= 0.3 is 0 Å². The number of amides is 1. The van der Waals surface area contributed by atoms with Crippen LogP contribution in [0.1, 0.15) is 37.9 Å². The third-order valence-electron chi connectivity index (χ3n) is 4.78.